The van der Waals surface area contributed by atoms with Crippen LogP contribution in [0.1, 0.15) is 15.3 Å². The van der Waals surface area contributed by atoms with Gasteiger partial charge in [0, 0.05) is 0 Å². The molecule has 0 amide bonds. The van der Waals surface area contributed by atoms with Crippen molar-refractivity contribution in [1.82, 2.24) is 6.15 Å². The van der Waals surface area contributed by atoms with E-state index in [4.69, 9.17) is 0 Å². The molecule has 0 aliphatic rings. The summed E-state index contributed by atoms with van der Waals surface area (Å²) in [5, 5.41) is 0. The van der Waals surface area contributed by atoms with Crippen LogP contribution in [0, 0.1) is 0 Å². The van der Waals surface area contributed by atoms with Gasteiger partial charge in [-0.15, -0.1) is 0 Å². The van der Waals surface area contributed by atoms with E-state index in [0.29, 0.717) is 0 Å². The van der Waals surface area contributed by atoms with E-state index in [1.807, 2.05) is 13.8 Å². The topological polar surface area (TPSA) is 35.0 Å². The van der Waals surface area contributed by atoms with Crippen molar-refractivity contribution < 1.29 is 31.0 Å². The van der Waals surface area contributed by atoms with Crippen molar-refractivity contribution in [2.24, 2.45) is 0 Å². The smallest absolute Gasteiger partial charge is 1.00 e. The Kier molecular flexibility index (Phi) is 191. The Hall–Kier alpha value is 0.960. The fourth-order valence-corrected chi connectivity index (χ4v) is 0. The molecule has 0 heterocycles. The minimum atomic E-state index is 0. The molecule has 0 atom stereocenters. The molecule has 0 rings (SSSR count). The third kappa shape index (κ3) is 12.3. The van der Waals surface area contributed by atoms with Crippen LogP contribution in [0.4, 0.5) is 0 Å². The van der Waals surface area contributed by atoms with Crippen molar-refractivity contribution in [3.05, 3.63) is 0 Å². The van der Waals surface area contributed by atoms with Crippen molar-refractivity contribution in [1.29, 1.82) is 0 Å². The van der Waals surface area contributed by atoms with E-state index in [1.165, 1.54) is 0 Å². The normalized spacial score (nSPS) is 1.50. The number of rotatable bonds is 0. The van der Waals surface area contributed by atoms with Crippen LogP contribution in [0.2, 0.25) is 0 Å². The minimum absolute atomic E-state index is 0. The van der Waals surface area contributed by atoms with E-state index in [-0.39, 0.29) is 37.1 Å². The SMILES string of the molecule is CC.N.[H-].[Na+]. The zero-order valence-electron chi connectivity index (χ0n) is 4.71. The van der Waals surface area contributed by atoms with Crippen LogP contribution in [-0.2, 0) is 0 Å². The first kappa shape index (κ1) is 20.2. The van der Waals surface area contributed by atoms with Gasteiger partial charge in [0.05, 0.1) is 0 Å². The molecular formula is C2H10NNa. The van der Waals surface area contributed by atoms with Crippen LogP contribution in [0.5, 0.6) is 0 Å². The van der Waals surface area contributed by atoms with Gasteiger partial charge in [0.1, 0.15) is 0 Å². The molecule has 0 saturated heterocycles. The van der Waals surface area contributed by atoms with Crippen LogP contribution in [0.3, 0.4) is 0 Å². The zero-order chi connectivity index (χ0) is 2.00. The van der Waals surface area contributed by atoms with Gasteiger partial charge >= 0.3 is 29.6 Å². The van der Waals surface area contributed by atoms with Crippen LogP contribution < -0.4 is 35.7 Å². The molecule has 0 aliphatic carbocycles. The predicted molar refractivity (Wildman–Crippen MR) is 17.5 cm³/mol. The largest absolute Gasteiger partial charge is 1.00 e. The van der Waals surface area contributed by atoms with Crippen molar-refractivity contribution in [3.8, 4) is 0 Å². The van der Waals surface area contributed by atoms with Crippen molar-refractivity contribution >= 4 is 0 Å². The van der Waals surface area contributed by atoms with E-state index in [0.717, 1.165) is 0 Å². The van der Waals surface area contributed by atoms with Gasteiger partial charge < -0.3 is 7.58 Å². The van der Waals surface area contributed by atoms with Crippen molar-refractivity contribution in [2.75, 3.05) is 0 Å². The first-order chi connectivity index (χ1) is 1.00. The Morgan fingerprint density at radius 3 is 1.25 bits per heavy atom. The summed E-state index contributed by atoms with van der Waals surface area (Å²) < 4.78 is 0. The fourth-order valence-electron chi connectivity index (χ4n) is 0. The van der Waals surface area contributed by atoms with E-state index in [9.17, 15) is 0 Å². The van der Waals surface area contributed by atoms with Crippen molar-refractivity contribution in [3.63, 3.8) is 0 Å². The van der Waals surface area contributed by atoms with E-state index in [1.54, 1.807) is 0 Å². The maximum atomic E-state index is 2.00. The molecule has 0 aromatic heterocycles. The van der Waals surface area contributed by atoms with E-state index < -0.39 is 0 Å². The molecule has 4 heavy (non-hydrogen) atoms. The summed E-state index contributed by atoms with van der Waals surface area (Å²) in [6, 6.07) is 0. The molecule has 0 fully saturated rings. The van der Waals surface area contributed by atoms with Crippen molar-refractivity contribution in [2.45, 2.75) is 13.8 Å². The van der Waals surface area contributed by atoms with Crippen LogP contribution in [0.25, 0.3) is 0 Å². The fraction of sp³-hybridized carbons (Fsp3) is 1.00. The standard InChI is InChI=1S/C2H6.H3N.Na.H/c1-2;;;/h1-2H3;1H3;;/q;;+1;-1. The predicted octanol–water partition coefficient (Wildman–Crippen LogP) is -1.70. The van der Waals surface area contributed by atoms with Gasteiger partial charge in [-0.05, 0) is 0 Å². The van der Waals surface area contributed by atoms with Gasteiger partial charge in [0.15, 0.2) is 0 Å². The van der Waals surface area contributed by atoms with Crippen LogP contribution >= 0.6 is 0 Å². The number of hydrogen-bond acceptors (Lipinski definition) is 1. The minimum Gasteiger partial charge on any atom is -1.00 e. The summed E-state index contributed by atoms with van der Waals surface area (Å²) in [6.45, 7) is 4.00. The van der Waals surface area contributed by atoms with E-state index >= 15 is 0 Å². The molecule has 0 saturated carbocycles. The maximum absolute atomic E-state index is 2.00. The Balaban J connectivity index is -0.00000000167. The second kappa shape index (κ2) is 37.6. The summed E-state index contributed by atoms with van der Waals surface area (Å²) >= 11 is 0. The van der Waals surface area contributed by atoms with Gasteiger partial charge in [0.2, 0.25) is 0 Å². The summed E-state index contributed by atoms with van der Waals surface area (Å²) in [7, 11) is 0. The molecule has 0 aliphatic heterocycles. The third-order valence-electron chi connectivity index (χ3n) is 0. The molecule has 0 aromatic rings. The summed E-state index contributed by atoms with van der Waals surface area (Å²) in [5.74, 6) is 0. The van der Waals surface area contributed by atoms with Crippen LogP contribution in [-0.4, -0.2) is 0 Å². The van der Waals surface area contributed by atoms with Gasteiger partial charge in [-0.25, -0.2) is 0 Å². The monoisotopic (exact) mass is 71.1 g/mol. The average Bonchev–Trinajstić information content (AvgIpc) is 1.00. The second-order valence-electron chi connectivity index (χ2n) is 0. The molecule has 0 bridgehead atoms. The quantitative estimate of drug-likeness (QED) is 0.340. The first-order valence-electron chi connectivity index (χ1n) is 1.00. The molecule has 0 radical (unpaired) electrons. The molecule has 0 unspecified atom stereocenters. The molecule has 0 spiro atoms. The van der Waals surface area contributed by atoms with Gasteiger partial charge in [-0.3, -0.25) is 0 Å². The zero-order valence-corrected chi connectivity index (χ0v) is 5.71. The number of hydrogen-bond donors (Lipinski definition) is 1. The molecular weight excluding hydrogens is 61.0 g/mol. The molecule has 3 N–H and O–H groups in total. The first-order valence-corrected chi connectivity index (χ1v) is 1.00. The van der Waals surface area contributed by atoms with Gasteiger partial charge in [0.25, 0.3) is 0 Å². The van der Waals surface area contributed by atoms with E-state index in [2.05, 4.69) is 0 Å². The average molecular weight is 71.1 g/mol. The third-order valence-corrected chi connectivity index (χ3v) is 0. The molecule has 24 valence electrons. The maximum Gasteiger partial charge on any atom is 1.00 e. The molecule has 2 heteroatoms. The summed E-state index contributed by atoms with van der Waals surface area (Å²) in [4.78, 5) is 0. The Bertz CT molecular complexity index is 9.61. The Morgan fingerprint density at radius 2 is 1.25 bits per heavy atom. The summed E-state index contributed by atoms with van der Waals surface area (Å²) in [6.07, 6.45) is 0. The van der Waals surface area contributed by atoms with Gasteiger partial charge in [-0.2, -0.15) is 0 Å². The molecule has 1 nitrogen and oxygen atoms in total. The van der Waals surface area contributed by atoms with Crippen LogP contribution in [0.15, 0.2) is 0 Å². The Labute approximate surface area is 51.1 Å². The molecule has 0 aromatic carbocycles. The Morgan fingerprint density at radius 1 is 1.25 bits per heavy atom. The van der Waals surface area contributed by atoms with Gasteiger partial charge in [-0.1, -0.05) is 13.8 Å². The summed E-state index contributed by atoms with van der Waals surface area (Å²) in [5.41, 5.74) is 0. The second-order valence-corrected chi connectivity index (χ2v) is 0.